The van der Waals surface area contributed by atoms with Gasteiger partial charge in [0, 0.05) is 25.3 Å². The van der Waals surface area contributed by atoms with Crippen LogP contribution in [0.3, 0.4) is 0 Å². The van der Waals surface area contributed by atoms with Gasteiger partial charge >= 0.3 is 0 Å². The Balaban J connectivity index is 1.91. The van der Waals surface area contributed by atoms with E-state index in [1.54, 1.807) is 0 Å². The Morgan fingerprint density at radius 2 is 1.81 bits per heavy atom. The van der Waals surface area contributed by atoms with Crippen molar-refractivity contribution >= 4 is 5.69 Å². The van der Waals surface area contributed by atoms with Crippen LogP contribution in [-0.4, -0.2) is 19.6 Å². The van der Waals surface area contributed by atoms with Gasteiger partial charge in [0.2, 0.25) is 0 Å². The summed E-state index contributed by atoms with van der Waals surface area (Å²) in [6, 6.07) is 17.5. The Labute approximate surface area is 127 Å². The van der Waals surface area contributed by atoms with Crippen LogP contribution in [0.1, 0.15) is 23.6 Å². The first-order valence-electron chi connectivity index (χ1n) is 7.71. The summed E-state index contributed by atoms with van der Waals surface area (Å²) < 4.78 is 0. The normalized spacial score (nSPS) is 22.3. The topological polar surface area (TPSA) is 15.3 Å². The van der Waals surface area contributed by atoms with Gasteiger partial charge in [-0.3, -0.25) is 0 Å². The molecular weight excluding hydrogens is 256 g/mol. The van der Waals surface area contributed by atoms with Crippen molar-refractivity contribution in [3.63, 3.8) is 0 Å². The van der Waals surface area contributed by atoms with Crippen LogP contribution >= 0.6 is 0 Å². The molecule has 2 aromatic carbocycles. The molecule has 2 nitrogen and oxygen atoms in total. The Morgan fingerprint density at radius 1 is 1.05 bits per heavy atom. The quantitative estimate of drug-likeness (QED) is 0.903. The van der Waals surface area contributed by atoms with E-state index in [1.807, 2.05) is 0 Å². The van der Waals surface area contributed by atoms with E-state index in [4.69, 9.17) is 0 Å². The first-order chi connectivity index (χ1) is 10.1. The number of benzene rings is 2. The molecule has 1 fully saturated rings. The lowest BCUT2D eigenvalue weighted by molar-refractivity contribution is 0.332. The molecule has 0 aromatic heterocycles. The van der Waals surface area contributed by atoms with Crippen molar-refractivity contribution in [1.29, 1.82) is 0 Å². The summed E-state index contributed by atoms with van der Waals surface area (Å²) in [4.78, 5) is 2.52. The van der Waals surface area contributed by atoms with Crippen molar-refractivity contribution in [2.75, 3.05) is 24.5 Å². The van der Waals surface area contributed by atoms with E-state index in [0.717, 1.165) is 19.6 Å². The number of aryl methyl sites for hydroxylation is 2. The molecule has 0 saturated carbocycles. The first kappa shape index (κ1) is 14.2. The molecule has 21 heavy (non-hydrogen) atoms. The van der Waals surface area contributed by atoms with Crippen molar-refractivity contribution in [2.45, 2.75) is 26.3 Å². The van der Waals surface area contributed by atoms with Gasteiger partial charge in [-0.2, -0.15) is 0 Å². The van der Waals surface area contributed by atoms with E-state index in [2.05, 4.69) is 79.5 Å². The number of hydrogen-bond donors (Lipinski definition) is 1. The minimum Gasteiger partial charge on any atom is -0.368 e. The Bertz CT molecular complexity index is 621. The van der Waals surface area contributed by atoms with E-state index in [9.17, 15) is 0 Å². The standard InChI is InChI=1S/C19H24N2/c1-15-9-10-16(2)18(13-15)21-12-11-20-19(3,14-21)17-7-5-4-6-8-17/h4-10,13,20H,11-12,14H2,1-3H3. The third-order valence-corrected chi connectivity index (χ3v) is 4.52. The van der Waals surface area contributed by atoms with Crippen LogP contribution in [0.4, 0.5) is 5.69 Å². The van der Waals surface area contributed by atoms with E-state index in [0.29, 0.717) is 0 Å². The molecule has 110 valence electrons. The van der Waals surface area contributed by atoms with Gasteiger partial charge in [-0.25, -0.2) is 0 Å². The van der Waals surface area contributed by atoms with Crippen LogP contribution in [0.2, 0.25) is 0 Å². The number of nitrogens with one attached hydrogen (secondary N) is 1. The number of piperazine rings is 1. The van der Waals surface area contributed by atoms with Gasteiger partial charge in [-0.15, -0.1) is 0 Å². The van der Waals surface area contributed by atoms with Crippen LogP contribution in [0.25, 0.3) is 0 Å². The van der Waals surface area contributed by atoms with Gasteiger partial charge in [0.05, 0.1) is 5.54 Å². The zero-order valence-electron chi connectivity index (χ0n) is 13.2. The molecule has 0 spiro atoms. The summed E-state index contributed by atoms with van der Waals surface area (Å²) in [6.45, 7) is 9.75. The van der Waals surface area contributed by atoms with E-state index < -0.39 is 0 Å². The summed E-state index contributed by atoms with van der Waals surface area (Å²) >= 11 is 0. The van der Waals surface area contributed by atoms with E-state index in [-0.39, 0.29) is 5.54 Å². The zero-order valence-corrected chi connectivity index (χ0v) is 13.2. The smallest absolute Gasteiger partial charge is 0.0584 e. The maximum atomic E-state index is 3.70. The van der Waals surface area contributed by atoms with Gasteiger partial charge < -0.3 is 10.2 Å². The molecule has 0 radical (unpaired) electrons. The molecule has 1 unspecified atom stereocenters. The molecule has 1 aliphatic rings. The Morgan fingerprint density at radius 3 is 2.57 bits per heavy atom. The average Bonchev–Trinajstić information content (AvgIpc) is 2.51. The van der Waals surface area contributed by atoms with Crippen LogP contribution in [-0.2, 0) is 5.54 Å². The van der Waals surface area contributed by atoms with Crippen LogP contribution in [0.5, 0.6) is 0 Å². The predicted octanol–water partition coefficient (Wildman–Crippen LogP) is 3.63. The molecule has 0 bridgehead atoms. The molecule has 1 heterocycles. The number of anilines is 1. The highest BCUT2D eigenvalue weighted by molar-refractivity contribution is 5.56. The lowest BCUT2D eigenvalue weighted by atomic mass is 9.89. The maximum absolute atomic E-state index is 3.70. The fourth-order valence-corrected chi connectivity index (χ4v) is 3.25. The summed E-state index contributed by atoms with van der Waals surface area (Å²) in [5.41, 5.74) is 5.43. The maximum Gasteiger partial charge on any atom is 0.0584 e. The van der Waals surface area contributed by atoms with Crippen LogP contribution in [0.15, 0.2) is 48.5 Å². The molecule has 0 aliphatic carbocycles. The molecule has 0 amide bonds. The summed E-state index contributed by atoms with van der Waals surface area (Å²) in [6.07, 6.45) is 0. The molecule has 1 N–H and O–H groups in total. The second kappa shape index (κ2) is 5.53. The van der Waals surface area contributed by atoms with Gasteiger partial charge in [0.1, 0.15) is 0 Å². The number of rotatable bonds is 2. The largest absolute Gasteiger partial charge is 0.368 e. The van der Waals surface area contributed by atoms with Gasteiger partial charge in [0.15, 0.2) is 0 Å². The minimum atomic E-state index is 0.00962. The summed E-state index contributed by atoms with van der Waals surface area (Å²) in [5, 5.41) is 3.70. The van der Waals surface area contributed by atoms with Crippen molar-refractivity contribution in [3.05, 3.63) is 65.2 Å². The summed E-state index contributed by atoms with van der Waals surface area (Å²) in [5.74, 6) is 0. The van der Waals surface area contributed by atoms with Crippen molar-refractivity contribution in [3.8, 4) is 0 Å². The van der Waals surface area contributed by atoms with Gasteiger partial charge in [-0.05, 0) is 43.5 Å². The minimum absolute atomic E-state index is 0.00962. The second-order valence-corrected chi connectivity index (χ2v) is 6.34. The molecule has 1 saturated heterocycles. The molecule has 2 heteroatoms. The Kier molecular flexibility index (Phi) is 3.73. The fourth-order valence-electron chi connectivity index (χ4n) is 3.25. The van der Waals surface area contributed by atoms with E-state index in [1.165, 1.54) is 22.4 Å². The fraction of sp³-hybridized carbons (Fsp3) is 0.368. The van der Waals surface area contributed by atoms with Gasteiger partial charge in [0.25, 0.3) is 0 Å². The highest BCUT2D eigenvalue weighted by Gasteiger charge is 2.32. The molecular formula is C19H24N2. The predicted molar refractivity (Wildman–Crippen MR) is 89.9 cm³/mol. The van der Waals surface area contributed by atoms with Crippen LogP contribution < -0.4 is 10.2 Å². The zero-order chi connectivity index (χ0) is 14.9. The average molecular weight is 280 g/mol. The third kappa shape index (κ3) is 2.81. The van der Waals surface area contributed by atoms with Crippen molar-refractivity contribution in [1.82, 2.24) is 5.32 Å². The Hall–Kier alpha value is -1.80. The third-order valence-electron chi connectivity index (χ3n) is 4.52. The van der Waals surface area contributed by atoms with Gasteiger partial charge in [-0.1, -0.05) is 42.5 Å². The molecule has 2 aromatic rings. The number of hydrogen-bond acceptors (Lipinski definition) is 2. The van der Waals surface area contributed by atoms with Crippen molar-refractivity contribution in [2.24, 2.45) is 0 Å². The number of nitrogens with zero attached hydrogens (tertiary/aromatic N) is 1. The first-order valence-corrected chi connectivity index (χ1v) is 7.71. The summed E-state index contributed by atoms with van der Waals surface area (Å²) in [7, 11) is 0. The monoisotopic (exact) mass is 280 g/mol. The molecule has 1 atom stereocenters. The molecule has 3 rings (SSSR count). The highest BCUT2D eigenvalue weighted by Crippen LogP contribution is 2.29. The second-order valence-electron chi connectivity index (χ2n) is 6.34. The van der Waals surface area contributed by atoms with E-state index >= 15 is 0 Å². The van der Waals surface area contributed by atoms with Crippen LogP contribution in [0, 0.1) is 13.8 Å². The molecule has 1 aliphatic heterocycles. The highest BCUT2D eigenvalue weighted by atomic mass is 15.2. The lowest BCUT2D eigenvalue weighted by Gasteiger charge is -2.43. The lowest BCUT2D eigenvalue weighted by Crippen LogP contribution is -2.57. The van der Waals surface area contributed by atoms with Crippen molar-refractivity contribution < 1.29 is 0 Å². The SMILES string of the molecule is Cc1ccc(C)c(N2CCNC(C)(c3ccccc3)C2)c1.